The highest BCUT2D eigenvalue weighted by molar-refractivity contribution is 5.85. The van der Waals surface area contributed by atoms with Gasteiger partial charge in [0.15, 0.2) is 0 Å². The fourth-order valence-electron chi connectivity index (χ4n) is 3.85. The van der Waals surface area contributed by atoms with Gasteiger partial charge in [-0.05, 0) is 37.8 Å². The minimum absolute atomic E-state index is 0.00333. The number of carboxylic acids is 1. The molecule has 2 heterocycles. The van der Waals surface area contributed by atoms with Gasteiger partial charge in [0, 0.05) is 24.9 Å². The van der Waals surface area contributed by atoms with Crippen molar-refractivity contribution in [3.8, 4) is 0 Å². The Morgan fingerprint density at radius 1 is 1.33 bits per heavy atom. The van der Waals surface area contributed by atoms with Gasteiger partial charge in [-0.3, -0.25) is 9.59 Å². The number of hydrogen-bond donors (Lipinski definition) is 2. The van der Waals surface area contributed by atoms with E-state index in [4.69, 9.17) is 0 Å². The second kappa shape index (κ2) is 5.54. The van der Waals surface area contributed by atoms with E-state index in [-0.39, 0.29) is 18.4 Å². The van der Waals surface area contributed by atoms with Crippen molar-refractivity contribution in [3.63, 3.8) is 0 Å². The number of carboxylic acid groups (broad SMARTS) is 1. The number of aromatic amines is 1. The van der Waals surface area contributed by atoms with Crippen LogP contribution in [0.4, 0.5) is 0 Å². The molecule has 1 unspecified atom stereocenters. The van der Waals surface area contributed by atoms with E-state index in [0.29, 0.717) is 12.8 Å². The zero-order valence-electron chi connectivity index (χ0n) is 12.2. The summed E-state index contributed by atoms with van der Waals surface area (Å²) in [6.07, 6.45) is 7.05. The molecule has 1 saturated heterocycles. The van der Waals surface area contributed by atoms with Gasteiger partial charge in [0.1, 0.15) is 0 Å². The van der Waals surface area contributed by atoms with Crippen molar-refractivity contribution in [1.82, 2.24) is 9.88 Å². The number of carbonyl (C=O) groups is 2. The Morgan fingerprint density at radius 2 is 2.10 bits per heavy atom. The molecule has 0 aromatic carbocycles. The molecule has 114 valence electrons. The number of likely N-dealkylation sites (tertiary alicyclic amines) is 1. The molecule has 5 nitrogen and oxygen atoms in total. The van der Waals surface area contributed by atoms with Gasteiger partial charge in [-0.1, -0.05) is 12.8 Å². The SMILES string of the molecule is O=C(CC1(C(=O)O)CCCC1)N1CCCC1c1ccc[nH]1. The molecule has 1 aliphatic carbocycles. The minimum Gasteiger partial charge on any atom is -0.481 e. The summed E-state index contributed by atoms with van der Waals surface area (Å²) in [4.78, 5) is 29.3. The molecule has 1 aromatic heterocycles. The second-order valence-corrected chi connectivity index (χ2v) is 6.34. The first-order valence-corrected chi connectivity index (χ1v) is 7.79. The van der Waals surface area contributed by atoms with Gasteiger partial charge >= 0.3 is 5.97 Å². The molecule has 1 atom stereocenters. The van der Waals surface area contributed by atoms with E-state index >= 15 is 0 Å². The molecule has 1 aliphatic heterocycles. The maximum absolute atomic E-state index is 12.7. The summed E-state index contributed by atoms with van der Waals surface area (Å²) >= 11 is 0. The van der Waals surface area contributed by atoms with Crippen LogP contribution in [0.1, 0.15) is 56.7 Å². The number of nitrogens with one attached hydrogen (secondary N) is 1. The quantitative estimate of drug-likeness (QED) is 0.895. The summed E-state index contributed by atoms with van der Waals surface area (Å²) in [5.41, 5.74) is 0.233. The lowest BCUT2D eigenvalue weighted by Crippen LogP contribution is -2.38. The van der Waals surface area contributed by atoms with Gasteiger partial charge in [0.25, 0.3) is 0 Å². The first-order valence-electron chi connectivity index (χ1n) is 7.79. The van der Waals surface area contributed by atoms with E-state index < -0.39 is 11.4 Å². The molecule has 2 fully saturated rings. The van der Waals surface area contributed by atoms with Crippen LogP contribution in [0.2, 0.25) is 0 Å². The van der Waals surface area contributed by atoms with E-state index in [2.05, 4.69) is 4.98 Å². The highest BCUT2D eigenvalue weighted by atomic mass is 16.4. The number of nitrogens with zero attached hydrogens (tertiary/aromatic N) is 1. The van der Waals surface area contributed by atoms with Gasteiger partial charge < -0.3 is 15.0 Å². The van der Waals surface area contributed by atoms with Crippen LogP contribution in [0.5, 0.6) is 0 Å². The molecule has 1 aromatic rings. The maximum Gasteiger partial charge on any atom is 0.310 e. The summed E-state index contributed by atoms with van der Waals surface area (Å²) in [6.45, 7) is 0.734. The zero-order valence-corrected chi connectivity index (χ0v) is 12.2. The number of rotatable bonds is 4. The molecule has 5 heteroatoms. The zero-order chi connectivity index (χ0) is 14.9. The van der Waals surface area contributed by atoms with Gasteiger partial charge in [-0.15, -0.1) is 0 Å². The molecule has 1 amide bonds. The van der Waals surface area contributed by atoms with Crippen LogP contribution >= 0.6 is 0 Å². The number of amides is 1. The van der Waals surface area contributed by atoms with Crippen LogP contribution in [-0.2, 0) is 9.59 Å². The van der Waals surface area contributed by atoms with E-state index in [0.717, 1.165) is 37.9 Å². The topological polar surface area (TPSA) is 73.4 Å². The predicted molar refractivity (Wildman–Crippen MR) is 77.6 cm³/mol. The van der Waals surface area contributed by atoms with Gasteiger partial charge in [0.2, 0.25) is 5.91 Å². The average molecular weight is 290 g/mol. The predicted octanol–water partition coefficient (Wildman–Crippen LogP) is 2.71. The first kappa shape index (κ1) is 14.2. The molecule has 21 heavy (non-hydrogen) atoms. The monoisotopic (exact) mass is 290 g/mol. The van der Waals surface area contributed by atoms with Gasteiger partial charge in [-0.2, -0.15) is 0 Å². The summed E-state index contributed by atoms with van der Waals surface area (Å²) < 4.78 is 0. The Kier molecular flexibility index (Phi) is 3.74. The number of hydrogen-bond acceptors (Lipinski definition) is 2. The average Bonchev–Trinajstić information content (AvgIpc) is 3.19. The molecule has 3 rings (SSSR count). The van der Waals surface area contributed by atoms with Crippen LogP contribution in [0.3, 0.4) is 0 Å². The van der Waals surface area contributed by atoms with Crippen LogP contribution in [-0.4, -0.2) is 33.4 Å². The number of H-pyrrole nitrogens is 1. The maximum atomic E-state index is 12.7. The lowest BCUT2D eigenvalue weighted by Gasteiger charge is -2.29. The van der Waals surface area contributed by atoms with E-state index in [1.165, 1.54) is 0 Å². The standard InChI is InChI=1S/C16H22N2O3/c19-14(11-16(15(20)21)7-1-2-8-16)18-10-4-6-13(18)12-5-3-9-17-12/h3,5,9,13,17H,1-2,4,6-8,10-11H2,(H,20,21). The lowest BCUT2D eigenvalue weighted by atomic mass is 9.82. The summed E-state index contributed by atoms with van der Waals surface area (Å²) in [6, 6.07) is 4.02. The highest BCUT2D eigenvalue weighted by Gasteiger charge is 2.45. The third kappa shape index (κ3) is 2.57. The Labute approximate surface area is 124 Å². The minimum atomic E-state index is -0.819. The molecule has 0 radical (unpaired) electrons. The molecular weight excluding hydrogens is 268 g/mol. The van der Waals surface area contributed by atoms with Crippen molar-refractivity contribution in [2.75, 3.05) is 6.54 Å². The van der Waals surface area contributed by atoms with Crippen LogP contribution in [0, 0.1) is 5.41 Å². The molecule has 2 N–H and O–H groups in total. The fraction of sp³-hybridized carbons (Fsp3) is 0.625. The van der Waals surface area contributed by atoms with Crippen molar-refractivity contribution in [2.45, 2.75) is 51.0 Å². The number of aliphatic carboxylic acids is 1. The van der Waals surface area contributed by atoms with Crippen LogP contribution in [0.25, 0.3) is 0 Å². The highest BCUT2D eigenvalue weighted by Crippen LogP contribution is 2.43. The van der Waals surface area contributed by atoms with Crippen LogP contribution in [0.15, 0.2) is 18.3 Å². The van der Waals surface area contributed by atoms with Crippen molar-refractivity contribution in [1.29, 1.82) is 0 Å². The third-order valence-corrected chi connectivity index (χ3v) is 5.06. The third-order valence-electron chi connectivity index (χ3n) is 5.06. The second-order valence-electron chi connectivity index (χ2n) is 6.34. The van der Waals surface area contributed by atoms with E-state index in [9.17, 15) is 14.7 Å². The van der Waals surface area contributed by atoms with Crippen molar-refractivity contribution >= 4 is 11.9 Å². The summed E-state index contributed by atoms with van der Waals surface area (Å²) in [5.74, 6) is -0.805. The Hall–Kier alpha value is -1.78. The van der Waals surface area contributed by atoms with E-state index in [1.807, 2.05) is 23.2 Å². The lowest BCUT2D eigenvalue weighted by molar-refractivity contribution is -0.153. The van der Waals surface area contributed by atoms with Crippen molar-refractivity contribution in [2.24, 2.45) is 5.41 Å². The summed E-state index contributed by atoms with van der Waals surface area (Å²) in [5, 5.41) is 9.53. The van der Waals surface area contributed by atoms with Gasteiger partial charge in [0.05, 0.1) is 11.5 Å². The number of carbonyl (C=O) groups excluding carboxylic acids is 1. The molecule has 0 bridgehead atoms. The Balaban J connectivity index is 1.74. The first-order chi connectivity index (χ1) is 10.1. The normalized spacial score (nSPS) is 24.4. The van der Waals surface area contributed by atoms with E-state index in [1.54, 1.807) is 0 Å². The Bertz CT molecular complexity index is 518. The summed E-state index contributed by atoms with van der Waals surface area (Å²) in [7, 11) is 0. The number of aromatic nitrogens is 1. The molecular formula is C16H22N2O3. The molecule has 0 spiro atoms. The smallest absolute Gasteiger partial charge is 0.310 e. The molecule has 1 saturated carbocycles. The van der Waals surface area contributed by atoms with Crippen molar-refractivity contribution in [3.05, 3.63) is 24.0 Å². The largest absolute Gasteiger partial charge is 0.481 e. The van der Waals surface area contributed by atoms with Crippen LogP contribution < -0.4 is 0 Å². The Morgan fingerprint density at radius 3 is 2.71 bits per heavy atom. The van der Waals surface area contributed by atoms with Crippen molar-refractivity contribution < 1.29 is 14.7 Å². The molecule has 2 aliphatic rings. The fourth-order valence-corrected chi connectivity index (χ4v) is 3.85. The van der Waals surface area contributed by atoms with Gasteiger partial charge in [-0.25, -0.2) is 0 Å².